The van der Waals surface area contributed by atoms with Crippen LogP contribution in [0.3, 0.4) is 0 Å². The highest BCUT2D eigenvalue weighted by Gasteiger charge is 2.22. The summed E-state index contributed by atoms with van der Waals surface area (Å²) in [5.41, 5.74) is 3.63. The summed E-state index contributed by atoms with van der Waals surface area (Å²) in [4.78, 5) is 0. The Balaban J connectivity index is 2.18. The zero-order chi connectivity index (χ0) is 15.9. The first-order valence-corrected chi connectivity index (χ1v) is 8.75. The first kappa shape index (κ1) is 15.8. The number of fused-ring (bicyclic) bond motifs is 1. The third-order valence-electron chi connectivity index (χ3n) is 3.92. The molecule has 2 aromatic carbocycles. The zero-order valence-electron chi connectivity index (χ0n) is 12.4. The summed E-state index contributed by atoms with van der Waals surface area (Å²) in [6, 6.07) is 11.8. The second-order valence-electron chi connectivity index (χ2n) is 5.30. The molecule has 2 nitrogen and oxygen atoms in total. The Hall–Kier alpha value is -1.10. The maximum atomic E-state index is 10.9. The quantitative estimate of drug-likeness (QED) is 0.567. The fourth-order valence-corrected chi connectivity index (χ4v) is 3.89. The highest BCUT2D eigenvalue weighted by Crippen LogP contribution is 2.37. The molecule has 1 atom stereocenters. The third-order valence-corrected chi connectivity index (χ3v) is 5.57. The molecule has 1 N–H and O–H groups in total. The van der Waals surface area contributed by atoms with E-state index in [4.69, 9.17) is 4.42 Å². The van der Waals surface area contributed by atoms with E-state index < -0.39 is 6.10 Å². The first-order valence-electron chi connectivity index (χ1n) is 7.16. The molecule has 0 saturated heterocycles. The third kappa shape index (κ3) is 2.64. The molecule has 0 fully saturated rings. The molecule has 0 spiro atoms. The predicted octanol–water partition coefficient (Wildman–Crippen LogP) is 5.91. The lowest BCUT2D eigenvalue weighted by molar-refractivity contribution is 0.218. The summed E-state index contributed by atoms with van der Waals surface area (Å²) in [5.74, 6) is 0.835. The number of halogens is 2. The van der Waals surface area contributed by atoms with Crippen molar-refractivity contribution in [2.75, 3.05) is 0 Å². The molecule has 3 rings (SSSR count). The fourth-order valence-electron chi connectivity index (χ4n) is 2.67. The van der Waals surface area contributed by atoms with Gasteiger partial charge >= 0.3 is 0 Å². The molecule has 114 valence electrons. The van der Waals surface area contributed by atoms with Crippen molar-refractivity contribution >= 4 is 42.8 Å². The van der Waals surface area contributed by atoms with E-state index in [-0.39, 0.29) is 0 Å². The lowest BCUT2D eigenvalue weighted by Crippen LogP contribution is -2.02. The van der Waals surface area contributed by atoms with Crippen LogP contribution in [0.25, 0.3) is 11.0 Å². The highest BCUT2D eigenvalue weighted by atomic mass is 79.9. The molecule has 1 heterocycles. The number of benzene rings is 2. The molecular weight excluding hydrogens is 408 g/mol. The monoisotopic (exact) mass is 422 g/mol. The van der Waals surface area contributed by atoms with Crippen LogP contribution < -0.4 is 0 Å². The second-order valence-corrected chi connectivity index (χ2v) is 7.01. The lowest BCUT2D eigenvalue weighted by atomic mass is 9.97. The standard InChI is InChI=1S/C18H16Br2O2/c1-3-15-17(12-6-4-5-7-16(12)22-15)18(21)11-8-13(19)10(2)14(20)9-11/h4-9,18,21H,3H2,1-2H3/t18-/m0/s1. The normalized spacial score (nSPS) is 12.8. The Morgan fingerprint density at radius 3 is 2.41 bits per heavy atom. The van der Waals surface area contributed by atoms with Crippen LogP contribution in [0, 0.1) is 6.92 Å². The van der Waals surface area contributed by atoms with Crippen LogP contribution in [0.15, 0.2) is 49.8 Å². The van der Waals surface area contributed by atoms with Crippen molar-refractivity contribution in [2.24, 2.45) is 0 Å². The maximum Gasteiger partial charge on any atom is 0.134 e. The van der Waals surface area contributed by atoms with Crippen molar-refractivity contribution < 1.29 is 9.52 Å². The molecule has 0 aliphatic carbocycles. The van der Waals surface area contributed by atoms with Gasteiger partial charge in [0.05, 0.1) is 0 Å². The van der Waals surface area contributed by atoms with Crippen LogP contribution in [-0.2, 0) is 6.42 Å². The predicted molar refractivity (Wildman–Crippen MR) is 96.2 cm³/mol. The van der Waals surface area contributed by atoms with E-state index in [1.807, 2.05) is 50.2 Å². The van der Waals surface area contributed by atoms with Crippen LogP contribution >= 0.6 is 31.9 Å². The Morgan fingerprint density at radius 2 is 1.77 bits per heavy atom. The first-order chi connectivity index (χ1) is 10.5. The Bertz CT molecular complexity index is 813. The van der Waals surface area contributed by atoms with Crippen LogP contribution in [-0.4, -0.2) is 5.11 Å². The van der Waals surface area contributed by atoms with Gasteiger partial charge < -0.3 is 9.52 Å². The molecule has 0 aliphatic heterocycles. The molecule has 0 amide bonds. The smallest absolute Gasteiger partial charge is 0.134 e. The van der Waals surface area contributed by atoms with Gasteiger partial charge in [-0.25, -0.2) is 0 Å². The minimum atomic E-state index is -0.716. The van der Waals surface area contributed by atoms with E-state index in [0.29, 0.717) is 0 Å². The maximum absolute atomic E-state index is 10.9. The summed E-state index contributed by atoms with van der Waals surface area (Å²) in [7, 11) is 0. The summed E-state index contributed by atoms with van der Waals surface area (Å²) in [5, 5.41) is 11.9. The molecule has 22 heavy (non-hydrogen) atoms. The average molecular weight is 424 g/mol. The summed E-state index contributed by atoms with van der Waals surface area (Å²) in [6.07, 6.45) is 0.0294. The summed E-state index contributed by atoms with van der Waals surface area (Å²) < 4.78 is 7.84. The molecule has 0 bridgehead atoms. The van der Waals surface area contributed by atoms with Crippen molar-refractivity contribution in [3.63, 3.8) is 0 Å². The van der Waals surface area contributed by atoms with Crippen molar-refractivity contribution in [1.82, 2.24) is 0 Å². The van der Waals surface area contributed by atoms with Crippen LogP contribution in [0.5, 0.6) is 0 Å². The number of rotatable bonds is 3. The number of aryl methyl sites for hydroxylation is 1. The van der Waals surface area contributed by atoms with E-state index in [9.17, 15) is 5.11 Å². The van der Waals surface area contributed by atoms with E-state index in [2.05, 4.69) is 31.9 Å². The number of aliphatic hydroxyl groups excluding tert-OH is 1. The van der Waals surface area contributed by atoms with E-state index in [1.165, 1.54) is 0 Å². The molecule has 4 heteroatoms. The van der Waals surface area contributed by atoms with Crippen LogP contribution in [0.4, 0.5) is 0 Å². The van der Waals surface area contributed by atoms with Gasteiger partial charge in [-0.3, -0.25) is 0 Å². The van der Waals surface area contributed by atoms with Crippen molar-refractivity contribution in [1.29, 1.82) is 0 Å². The Morgan fingerprint density at radius 1 is 1.14 bits per heavy atom. The van der Waals surface area contributed by atoms with E-state index in [0.717, 1.165) is 48.8 Å². The topological polar surface area (TPSA) is 33.4 Å². The van der Waals surface area contributed by atoms with Gasteiger partial charge in [0.2, 0.25) is 0 Å². The largest absolute Gasteiger partial charge is 0.461 e. The molecule has 1 aromatic heterocycles. The van der Waals surface area contributed by atoms with E-state index >= 15 is 0 Å². The van der Waals surface area contributed by atoms with Crippen molar-refractivity contribution in [3.05, 3.63) is 67.8 Å². The minimum absolute atomic E-state index is 0.716. The number of furan rings is 1. The van der Waals surface area contributed by atoms with Gasteiger partial charge in [0.15, 0.2) is 0 Å². The SMILES string of the molecule is CCc1oc2ccccc2c1[C@@H](O)c1cc(Br)c(C)c(Br)c1. The molecular formula is C18H16Br2O2. The molecule has 0 radical (unpaired) electrons. The van der Waals surface area contributed by atoms with Gasteiger partial charge in [0.1, 0.15) is 17.4 Å². The van der Waals surface area contributed by atoms with E-state index in [1.54, 1.807) is 0 Å². The average Bonchev–Trinajstić information content (AvgIpc) is 2.89. The lowest BCUT2D eigenvalue weighted by Gasteiger charge is -2.14. The molecule has 0 saturated carbocycles. The fraction of sp³-hybridized carbons (Fsp3) is 0.222. The summed E-state index contributed by atoms with van der Waals surface area (Å²) >= 11 is 7.10. The summed E-state index contributed by atoms with van der Waals surface area (Å²) in [6.45, 7) is 4.06. The Labute approximate surface area is 146 Å². The van der Waals surface area contributed by atoms with Gasteiger partial charge in [-0.1, -0.05) is 57.0 Å². The molecule has 0 unspecified atom stereocenters. The molecule has 3 aromatic rings. The molecule has 0 aliphatic rings. The van der Waals surface area contributed by atoms with Crippen molar-refractivity contribution in [2.45, 2.75) is 26.4 Å². The van der Waals surface area contributed by atoms with Gasteiger partial charge in [0, 0.05) is 26.3 Å². The number of hydrogen-bond donors (Lipinski definition) is 1. The van der Waals surface area contributed by atoms with Gasteiger partial charge in [-0.2, -0.15) is 0 Å². The number of aliphatic hydroxyl groups is 1. The van der Waals surface area contributed by atoms with Crippen LogP contribution in [0.1, 0.15) is 35.5 Å². The van der Waals surface area contributed by atoms with Gasteiger partial charge in [-0.15, -0.1) is 0 Å². The highest BCUT2D eigenvalue weighted by molar-refractivity contribution is 9.11. The van der Waals surface area contributed by atoms with Crippen LogP contribution in [0.2, 0.25) is 0 Å². The van der Waals surface area contributed by atoms with Gasteiger partial charge in [-0.05, 0) is 36.2 Å². The Kier molecular flexibility index (Phi) is 4.44. The minimum Gasteiger partial charge on any atom is -0.461 e. The second kappa shape index (κ2) is 6.19. The number of hydrogen-bond acceptors (Lipinski definition) is 2. The van der Waals surface area contributed by atoms with Crippen molar-refractivity contribution in [3.8, 4) is 0 Å². The number of para-hydroxylation sites is 1. The van der Waals surface area contributed by atoms with Gasteiger partial charge in [0.25, 0.3) is 0 Å². The zero-order valence-corrected chi connectivity index (χ0v) is 15.5.